The summed E-state index contributed by atoms with van der Waals surface area (Å²) < 4.78 is 2.02. The van der Waals surface area contributed by atoms with Crippen LogP contribution in [0.5, 0.6) is 0 Å². The molecule has 0 aliphatic carbocycles. The summed E-state index contributed by atoms with van der Waals surface area (Å²) in [5.74, 6) is 0. The fourth-order valence-corrected chi connectivity index (χ4v) is 2.56. The predicted octanol–water partition coefficient (Wildman–Crippen LogP) is 3.47. The molecule has 20 heavy (non-hydrogen) atoms. The first kappa shape index (κ1) is 14.8. The van der Waals surface area contributed by atoms with Crippen molar-refractivity contribution in [1.82, 2.24) is 9.78 Å². The number of benzene rings is 1. The van der Waals surface area contributed by atoms with Crippen molar-refractivity contribution in [1.29, 1.82) is 0 Å². The van der Waals surface area contributed by atoms with E-state index in [0.29, 0.717) is 0 Å². The first-order valence-electron chi connectivity index (χ1n) is 7.60. The molecule has 108 valence electrons. The summed E-state index contributed by atoms with van der Waals surface area (Å²) in [5.41, 5.74) is 11.2. The van der Waals surface area contributed by atoms with Crippen molar-refractivity contribution >= 4 is 0 Å². The van der Waals surface area contributed by atoms with Crippen LogP contribution in [0.25, 0.3) is 0 Å². The maximum atomic E-state index is 6.46. The molecule has 2 aromatic rings. The molecule has 0 bridgehead atoms. The molecule has 1 heterocycles. The highest BCUT2D eigenvalue weighted by Crippen LogP contribution is 2.22. The molecule has 1 aromatic carbocycles. The molecule has 0 radical (unpaired) electrons. The number of hydrogen-bond donors (Lipinski definition) is 1. The van der Waals surface area contributed by atoms with Crippen LogP contribution in [-0.4, -0.2) is 9.78 Å². The van der Waals surface area contributed by atoms with E-state index in [9.17, 15) is 0 Å². The van der Waals surface area contributed by atoms with E-state index in [1.807, 2.05) is 4.68 Å². The lowest BCUT2D eigenvalue weighted by Crippen LogP contribution is -2.17. The summed E-state index contributed by atoms with van der Waals surface area (Å²) in [6.45, 7) is 7.29. The number of rotatable bonds is 6. The molecular weight excluding hydrogens is 246 g/mol. The predicted molar refractivity (Wildman–Crippen MR) is 83.7 cm³/mol. The molecule has 3 heteroatoms. The maximum absolute atomic E-state index is 6.46. The van der Waals surface area contributed by atoms with Gasteiger partial charge >= 0.3 is 0 Å². The highest BCUT2D eigenvalue weighted by molar-refractivity contribution is 5.32. The topological polar surface area (TPSA) is 43.8 Å². The van der Waals surface area contributed by atoms with Gasteiger partial charge in [0.1, 0.15) is 0 Å². The van der Waals surface area contributed by atoms with Gasteiger partial charge in [0.2, 0.25) is 0 Å². The minimum atomic E-state index is -0.0976. The molecule has 1 unspecified atom stereocenters. The molecule has 1 aromatic heterocycles. The van der Waals surface area contributed by atoms with E-state index < -0.39 is 0 Å². The van der Waals surface area contributed by atoms with Gasteiger partial charge in [0.15, 0.2) is 0 Å². The van der Waals surface area contributed by atoms with Gasteiger partial charge in [-0.2, -0.15) is 5.10 Å². The zero-order chi connectivity index (χ0) is 14.5. The Morgan fingerprint density at radius 1 is 1.20 bits per heavy atom. The van der Waals surface area contributed by atoms with Crippen LogP contribution in [0.2, 0.25) is 0 Å². The molecule has 0 aliphatic rings. The zero-order valence-corrected chi connectivity index (χ0v) is 12.8. The maximum Gasteiger partial charge on any atom is 0.0723 e. The van der Waals surface area contributed by atoms with Crippen molar-refractivity contribution < 1.29 is 0 Å². The smallest absolute Gasteiger partial charge is 0.0723 e. The van der Waals surface area contributed by atoms with Crippen LogP contribution in [0.1, 0.15) is 55.7 Å². The van der Waals surface area contributed by atoms with E-state index in [-0.39, 0.29) is 6.04 Å². The lowest BCUT2D eigenvalue weighted by molar-refractivity contribution is 0.594. The van der Waals surface area contributed by atoms with E-state index in [1.165, 1.54) is 11.1 Å². The van der Waals surface area contributed by atoms with Gasteiger partial charge in [-0.05, 0) is 37.0 Å². The summed E-state index contributed by atoms with van der Waals surface area (Å²) >= 11 is 0. The number of aromatic nitrogens is 2. The van der Waals surface area contributed by atoms with Crippen molar-refractivity contribution in [3.05, 3.63) is 52.8 Å². The van der Waals surface area contributed by atoms with Crippen LogP contribution in [0, 0.1) is 0 Å². The average molecular weight is 271 g/mol. The van der Waals surface area contributed by atoms with Gasteiger partial charge < -0.3 is 5.73 Å². The molecule has 1 atom stereocenters. The van der Waals surface area contributed by atoms with Crippen molar-refractivity contribution in [3.63, 3.8) is 0 Å². The minimum Gasteiger partial charge on any atom is -0.319 e. The van der Waals surface area contributed by atoms with Crippen molar-refractivity contribution in [2.75, 3.05) is 0 Å². The second-order valence-electron chi connectivity index (χ2n) is 5.20. The lowest BCUT2D eigenvalue weighted by Gasteiger charge is -2.14. The van der Waals surface area contributed by atoms with Gasteiger partial charge in [-0.25, -0.2) is 0 Å². The Kier molecular flexibility index (Phi) is 4.96. The second kappa shape index (κ2) is 6.71. The minimum absolute atomic E-state index is 0.0976. The van der Waals surface area contributed by atoms with Gasteiger partial charge in [-0.15, -0.1) is 0 Å². The van der Waals surface area contributed by atoms with Crippen LogP contribution in [0.4, 0.5) is 0 Å². The fourth-order valence-electron chi connectivity index (χ4n) is 2.56. The number of nitrogens with two attached hydrogens (primary N) is 1. The molecule has 0 aliphatic heterocycles. The highest BCUT2D eigenvalue weighted by Gasteiger charge is 2.15. The van der Waals surface area contributed by atoms with Crippen molar-refractivity contribution in [2.24, 2.45) is 5.73 Å². The van der Waals surface area contributed by atoms with E-state index in [2.05, 4.69) is 56.2 Å². The molecule has 0 amide bonds. The third kappa shape index (κ3) is 3.10. The Bertz CT molecular complexity index is 557. The molecule has 0 fully saturated rings. The van der Waals surface area contributed by atoms with Crippen LogP contribution < -0.4 is 5.73 Å². The third-order valence-corrected chi connectivity index (χ3v) is 3.69. The fraction of sp³-hybridized carbons (Fsp3) is 0.471. The van der Waals surface area contributed by atoms with E-state index >= 15 is 0 Å². The van der Waals surface area contributed by atoms with Gasteiger partial charge in [0, 0.05) is 6.54 Å². The molecule has 0 saturated heterocycles. The number of nitrogens with zero attached hydrogens (tertiary/aromatic N) is 2. The van der Waals surface area contributed by atoms with E-state index in [1.54, 1.807) is 0 Å². The molecule has 2 rings (SSSR count). The third-order valence-electron chi connectivity index (χ3n) is 3.69. The zero-order valence-electron chi connectivity index (χ0n) is 12.8. The summed E-state index contributed by atoms with van der Waals surface area (Å²) in [6, 6.07) is 10.7. The summed E-state index contributed by atoms with van der Waals surface area (Å²) in [4.78, 5) is 0. The monoisotopic (exact) mass is 271 g/mol. The SMILES string of the molecule is CCCc1cccc(C(N)c2cc(CC)nn2CC)c1. The van der Waals surface area contributed by atoms with Crippen LogP contribution in [0.3, 0.4) is 0 Å². The molecule has 3 nitrogen and oxygen atoms in total. The number of aryl methyl sites for hydroxylation is 3. The molecular formula is C17H25N3. The Morgan fingerprint density at radius 3 is 2.65 bits per heavy atom. The summed E-state index contributed by atoms with van der Waals surface area (Å²) in [7, 11) is 0. The van der Waals surface area contributed by atoms with E-state index in [0.717, 1.165) is 37.2 Å². The first-order valence-corrected chi connectivity index (χ1v) is 7.60. The second-order valence-corrected chi connectivity index (χ2v) is 5.20. The highest BCUT2D eigenvalue weighted by atomic mass is 15.3. The van der Waals surface area contributed by atoms with Crippen molar-refractivity contribution in [3.8, 4) is 0 Å². The van der Waals surface area contributed by atoms with Gasteiger partial charge in [-0.3, -0.25) is 4.68 Å². The largest absolute Gasteiger partial charge is 0.319 e. The number of hydrogen-bond acceptors (Lipinski definition) is 2. The Balaban J connectivity index is 2.32. The van der Waals surface area contributed by atoms with Crippen LogP contribution in [0.15, 0.2) is 30.3 Å². The normalized spacial score (nSPS) is 12.6. The standard InChI is InChI=1S/C17H25N3/c1-4-8-13-9-7-10-14(11-13)17(18)16-12-15(5-2)19-20(16)6-3/h7,9-12,17H,4-6,8,18H2,1-3H3. The quantitative estimate of drug-likeness (QED) is 0.874. The average Bonchev–Trinajstić information content (AvgIpc) is 2.90. The van der Waals surface area contributed by atoms with Crippen LogP contribution in [-0.2, 0) is 19.4 Å². The summed E-state index contributed by atoms with van der Waals surface area (Å²) in [6.07, 6.45) is 3.21. The first-order chi connectivity index (χ1) is 9.69. The van der Waals surface area contributed by atoms with Gasteiger partial charge in [0.05, 0.1) is 17.4 Å². The Labute approximate surface area is 121 Å². The Morgan fingerprint density at radius 2 is 2.00 bits per heavy atom. The molecule has 0 saturated carbocycles. The van der Waals surface area contributed by atoms with Gasteiger partial charge in [0.25, 0.3) is 0 Å². The molecule has 0 spiro atoms. The van der Waals surface area contributed by atoms with Gasteiger partial charge in [-0.1, -0.05) is 44.5 Å². The van der Waals surface area contributed by atoms with Crippen LogP contribution >= 0.6 is 0 Å². The van der Waals surface area contributed by atoms with Crippen molar-refractivity contribution in [2.45, 2.75) is 52.6 Å². The summed E-state index contributed by atoms with van der Waals surface area (Å²) in [5, 5.41) is 4.59. The molecule has 2 N–H and O–H groups in total. The Hall–Kier alpha value is -1.61. The van der Waals surface area contributed by atoms with E-state index in [4.69, 9.17) is 5.73 Å². The lowest BCUT2D eigenvalue weighted by atomic mass is 10.00.